The van der Waals surface area contributed by atoms with E-state index in [2.05, 4.69) is 62.9 Å². The molecule has 2 aliphatic rings. The van der Waals surface area contributed by atoms with Gasteiger partial charge < -0.3 is 32.9 Å². The number of amides is 1. The van der Waals surface area contributed by atoms with Gasteiger partial charge in [0, 0.05) is 71.9 Å². The first kappa shape index (κ1) is 64.9. The maximum Gasteiger partial charge on any atom is 0.471 e. The van der Waals surface area contributed by atoms with Crippen LogP contribution in [0.4, 0.5) is 24.5 Å². The Morgan fingerprint density at radius 2 is 1.49 bits per heavy atom. The smallest absolute Gasteiger partial charge is 0.471 e. The zero-order chi connectivity index (χ0) is 56.5. The van der Waals surface area contributed by atoms with Gasteiger partial charge in [0.25, 0.3) is 18.6 Å². The molecule has 2 unspecified atom stereocenters. The van der Waals surface area contributed by atoms with E-state index < -0.39 is 65.0 Å². The van der Waals surface area contributed by atoms with Gasteiger partial charge in [-0.05, 0) is 116 Å². The zero-order valence-electron chi connectivity index (χ0n) is 45.1. The number of hydrogen-bond acceptors (Lipinski definition) is 14. The summed E-state index contributed by atoms with van der Waals surface area (Å²) in [4.78, 5) is 13.4. The molecule has 0 radical (unpaired) electrons. The van der Waals surface area contributed by atoms with Crippen LogP contribution in [0.2, 0.25) is 0 Å². The van der Waals surface area contributed by atoms with Gasteiger partial charge in [0.2, 0.25) is 5.69 Å². The molecule has 2 aromatic carbocycles. The van der Waals surface area contributed by atoms with E-state index in [4.69, 9.17) is 23.4 Å². The van der Waals surface area contributed by atoms with Crippen molar-refractivity contribution in [1.29, 1.82) is 5.26 Å². The summed E-state index contributed by atoms with van der Waals surface area (Å²) in [5, 5.41) is 11.1. The molecule has 0 aromatic heterocycles. The molecule has 0 saturated heterocycles. The molecule has 0 saturated carbocycles. The normalized spacial score (nSPS) is 17.2. The Balaban J connectivity index is 1.61. The fourth-order valence-electron chi connectivity index (χ4n) is 9.39. The van der Waals surface area contributed by atoms with Gasteiger partial charge in [0.05, 0.1) is 65.5 Å². The van der Waals surface area contributed by atoms with E-state index in [1.165, 1.54) is 0 Å². The molecule has 4 rings (SSSR count). The zero-order valence-corrected chi connectivity index (χ0v) is 48.6. The van der Waals surface area contributed by atoms with Crippen molar-refractivity contribution >= 4 is 64.7 Å². The molecule has 2 heterocycles. The summed E-state index contributed by atoms with van der Waals surface area (Å²) in [5.41, 5.74) is 4.14. The minimum atomic E-state index is -5.02. The van der Waals surface area contributed by atoms with E-state index in [1.54, 1.807) is 18.2 Å². The van der Waals surface area contributed by atoms with Crippen LogP contribution in [0, 0.1) is 11.3 Å². The minimum Gasteiger partial charge on any atom is -0.748 e. The summed E-state index contributed by atoms with van der Waals surface area (Å²) in [6.07, 6.45) is 5.31. The lowest BCUT2D eigenvalue weighted by Gasteiger charge is -2.35. The number of nitriles is 1. The maximum absolute atomic E-state index is 15.0. The van der Waals surface area contributed by atoms with Crippen molar-refractivity contribution in [2.45, 2.75) is 155 Å². The number of carbonyl (C=O) groups is 1. The molecule has 1 amide bonds. The van der Waals surface area contributed by atoms with Gasteiger partial charge >= 0.3 is 19.7 Å². The first-order chi connectivity index (χ1) is 35.5. The molecular formula is C52H78F3N5O12P2S2. The number of fused-ring (bicyclic) bond motifs is 2. The van der Waals surface area contributed by atoms with E-state index in [1.807, 2.05) is 60.5 Å². The quantitative estimate of drug-likeness (QED) is 0.0287. The van der Waals surface area contributed by atoms with Gasteiger partial charge in [0.15, 0.2) is 5.71 Å². The van der Waals surface area contributed by atoms with Crippen LogP contribution in [0.15, 0.2) is 66.4 Å². The highest BCUT2D eigenvalue weighted by molar-refractivity contribution is 7.85. The number of unbranched alkanes of at least 4 members (excludes halogenated alkanes) is 6. The number of alkyl halides is 3. The van der Waals surface area contributed by atoms with Gasteiger partial charge in [0.1, 0.15) is 6.54 Å². The van der Waals surface area contributed by atoms with Gasteiger partial charge in [-0.1, -0.05) is 51.0 Å². The van der Waals surface area contributed by atoms with Crippen molar-refractivity contribution in [3.8, 4) is 6.07 Å². The summed E-state index contributed by atoms with van der Waals surface area (Å²) in [7, 11) is -14.1. The summed E-state index contributed by atoms with van der Waals surface area (Å²) in [6, 6.07) is 15.6. The van der Waals surface area contributed by atoms with Crippen molar-refractivity contribution in [2.24, 2.45) is 0 Å². The predicted octanol–water partition coefficient (Wildman–Crippen LogP) is 10.5. The SMILES string of the molecule is CC(C)N(C(C)C)P(OCCC#N)OCCCCCCOP(=O)(OCCCCNC(=O)C(F)(F)F)c1ccc2c(c1)C(C)(C)/C(=C/C=C/C1=[N+](CCCCS(=O)(=O)O)c3ccccc3C1(C)C)N2CCCCS(=O)(=O)[O-]. The molecule has 2 aliphatic heterocycles. The van der Waals surface area contributed by atoms with E-state index in [-0.39, 0.29) is 81.6 Å². The van der Waals surface area contributed by atoms with Crippen LogP contribution >= 0.6 is 16.1 Å². The number of nitrogens with one attached hydrogen (secondary N) is 1. The molecule has 0 spiro atoms. The molecule has 426 valence electrons. The lowest BCUT2D eigenvalue weighted by Crippen LogP contribution is -2.37. The van der Waals surface area contributed by atoms with Crippen molar-refractivity contribution in [2.75, 3.05) is 62.5 Å². The summed E-state index contributed by atoms with van der Waals surface area (Å²) < 4.78 is 149. The van der Waals surface area contributed by atoms with Gasteiger partial charge in [-0.15, -0.1) is 0 Å². The highest BCUT2D eigenvalue weighted by atomic mass is 32.2. The first-order valence-corrected chi connectivity index (χ1v) is 31.8. The van der Waals surface area contributed by atoms with Crippen molar-refractivity contribution in [3.05, 3.63) is 77.5 Å². The van der Waals surface area contributed by atoms with Crippen LogP contribution in [0.5, 0.6) is 0 Å². The molecule has 0 fully saturated rings. The van der Waals surface area contributed by atoms with Crippen LogP contribution in [-0.2, 0) is 58.5 Å². The Morgan fingerprint density at radius 1 is 0.868 bits per heavy atom. The maximum atomic E-state index is 15.0. The minimum absolute atomic E-state index is 0.0556. The van der Waals surface area contributed by atoms with Crippen LogP contribution in [0.25, 0.3) is 0 Å². The largest absolute Gasteiger partial charge is 0.748 e. The lowest BCUT2D eigenvalue weighted by atomic mass is 9.81. The molecule has 2 aromatic rings. The average molecular weight is 1150 g/mol. The number of para-hydroxylation sites is 1. The molecule has 0 bridgehead atoms. The Labute approximate surface area is 450 Å². The Morgan fingerprint density at radius 3 is 2.11 bits per heavy atom. The lowest BCUT2D eigenvalue weighted by molar-refractivity contribution is -0.438. The number of allylic oxidation sites excluding steroid dienone is 4. The number of benzene rings is 2. The number of rotatable bonds is 34. The Hall–Kier alpha value is -3.58. The molecular weight excluding hydrogens is 1070 g/mol. The second-order valence-corrected chi connectivity index (χ2v) is 27.0. The average Bonchev–Trinajstić information content (AvgIpc) is 3.67. The third-order valence-electron chi connectivity index (χ3n) is 13.1. The van der Waals surface area contributed by atoms with E-state index in [0.717, 1.165) is 40.3 Å². The third kappa shape index (κ3) is 19.1. The second-order valence-electron chi connectivity index (χ2n) is 20.4. The number of carbonyl (C=O) groups excluding carboxylic acids is 1. The summed E-state index contributed by atoms with van der Waals surface area (Å²) in [5.74, 6) is -2.93. The molecule has 24 heteroatoms. The highest BCUT2D eigenvalue weighted by Crippen LogP contribution is 2.53. The van der Waals surface area contributed by atoms with Crippen LogP contribution in [-0.4, -0.2) is 123 Å². The van der Waals surface area contributed by atoms with E-state index in [0.29, 0.717) is 51.8 Å². The number of nitrogens with zero attached hydrogens (tertiary/aromatic N) is 4. The van der Waals surface area contributed by atoms with Crippen LogP contribution in [0.3, 0.4) is 0 Å². The third-order valence-corrected chi connectivity index (χ3v) is 18.8. The van der Waals surface area contributed by atoms with E-state index in [9.17, 15) is 43.9 Å². The molecule has 17 nitrogen and oxygen atoms in total. The van der Waals surface area contributed by atoms with Crippen molar-refractivity contribution in [1.82, 2.24) is 9.99 Å². The van der Waals surface area contributed by atoms with E-state index >= 15 is 4.57 Å². The first-order valence-electron chi connectivity index (χ1n) is 25.9. The second kappa shape index (κ2) is 29.0. The Bertz CT molecular complexity index is 2670. The van der Waals surface area contributed by atoms with Gasteiger partial charge in [-0.3, -0.25) is 13.9 Å². The highest BCUT2D eigenvalue weighted by Gasteiger charge is 2.45. The standard InChI is InChI=1S/C52H78F3N5O12P2S2/c1-40(2)60(41(3)4)73(70-34-22-29-56)69-33-16-9-10-17-35-71-74(62,72-36-18-13-30-57-49(61)52(53,54)55)42-27-28-46-44(39-42)51(7,8)48(59(46)32-15-20-38-76(66,67)68)26-21-25-47-50(5,6)43-23-11-12-24-45(43)58(47)31-14-19-37-75(63,64)65/h11-12,21,23-28,39-41H,9-10,13-20,22,30-38H2,1-8H3,(H2-,57,61,63,64,65,66,67,68). The fourth-order valence-corrected chi connectivity index (χ4v) is 13.8. The van der Waals surface area contributed by atoms with Crippen LogP contribution < -0.4 is 15.5 Å². The monoisotopic (exact) mass is 1150 g/mol. The summed E-state index contributed by atoms with van der Waals surface area (Å²) in [6.45, 7) is 17.6. The Kier molecular flexibility index (Phi) is 24.8. The van der Waals surface area contributed by atoms with Crippen molar-refractivity contribution < 1.29 is 71.1 Å². The molecule has 2 N–H and O–H groups in total. The fraction of sp³-hybridized carbons (Fsp3) is 0.635. The predicted molar refractivity (Wildman–Crippen MR) is 290 cm³/mol. The van der Waals surface area contributed by atoms with Crippen molar-refractivity contribution in [3.63, 3.8) is 0 Å². The van der Waals surface area contributed by atoms with Crippen LogP contribution in [0.1, 0.15) is 137 Å². The molecule has 76 heavy (non-hydrogen) atoms. The summed E-state index contributed by atoms with van der Waals surface area (Å²) >= 11 is 0. The number of hydrogen-bond donors (Lipinski definition) is 2. The molecule has 0 aliphatic carbocycles. The van der Waals surface area contributed by atoms with Gasteiger partial charge in [-0.2, -0.15) is 31.4 Å². The molecule has 2 atom stereocenters. The number of halogens is 3. The van der Waals surface area contributed by atoms with Gasteiger partial charge in [-0.25, -0.2) is 13.1 Å². The topological polar surface area (TPSA) is 228 Å². The number of anilines is 1.